The molecule has 5 nitrogen and oxygen atoms in total. The molecular weight excluding hydrogens is 310 g/mol. The van der Waals surface area contributed by atoms with Gasteiger partial charge in [-0.2, -0.15) is 0 Å². The molecule has 6 heteroatoms. The SMILES string of the molecule is CCc1ccc(C(CO)NC(=O)NCCc2csc(C)n2)cc1. The Balaban J connectivity index is 1.81. The number of aliphatic hydroxyl groups is 1. The van der Waals surface area contributed by atoms with E-state index in [0.29, 0.717) is 13.0 Å². The van der Waals surface area contributed by atoms with Gasteiger partial charge in [0, 0.05) is 18.3 Å². The highest BCUT2D eigenvalue weighted by molar-refractivity contribution is 7.09. The van der Waals surface area contributed by atoms with Gasteiger partial charge in [-0.1, -0.05) is 31.2 Å². The summed E-state index contributed by atoms with van der Waals surface area (Å²) in [6.07, 6.45) is 1.67. The van der Waals surface area contributed by atoms with Crippen molar-refractivity contribution in [1.29, 1.82) is 0 Å². The first-order valence-corrected chi connectivity index (χ1v) is 8.65. The fourth-order valence-electron chi connectivity index (χ4n) is 2.26. The third-order valence-corrected chi connectivity index (χ3v) is 4.43. The minimum atomic E-state index is -0.401. The number of nitrogens with one attached hydrogen (secondary N) is 2. The predicted molar refractivity (Wildman–Crippen MR) is 92.7 cm³/mol. The van der Waals surface area contributed by atoms with Crippen LogP contribution in [-0.2, 0) is 12.8 Å². The lowest BCUT2D eigenvalue weighted by molar-refractivity contribution is 0.217. The molecule has 1 aromatic carbocycles. The lowest BCUT2D eigenvalue weighted by Crippen LogP contribution is -2.40. The number of aryl methyl sites for hydroxylation is 2. The van der Waals surface area contributed by atoms with Gasteiger partial charge < -0.3 is 15.7 Å². The maximum atomic E-state index is 12.0. The first kappa shape index (κ1) is 17.4. The van der Waals surface area contributed by atoms with E-state index in [1.807, 2.05) is 36.6 Å². The zero-order valence-electron chi connectivity index (χ0n) is 13.5. The van der Waals surface area contributed by atoms with Crippen molar-refractivity contribution >= 4 is 17.4 Å². The average molecular weight is 333 g/mol. The average Bonchev–Trinajstić information content (AvgIpc) is 2.98. The maximum Gasteiger partial charge on any atom is 0.315 e. The van der Waals surface area contributed by atoms with Gasteiger partial charge in [-0.05, 0) is 24.5 Å². The number of aliphatic hydroxyl groups excluding tert-OH is 1. The van der Waals surface area contributed by atoms with E-state index in [-0.39, 0.29) is 12.6 Å². The van der Waals surface area contributed by atoms with E-state index >= 15 is 0 Å². The standard InChI is InChI=1S/C17H23N3O2S/c1-3-13-4-6-14(7-5-13)16(10-21)20-17(22)18-9-8-15-11-23-12(2)19-15/h4-7,11,16,21H,3,8-10H2,1-2H3,(H2,18,20,22). The van der Waals surface area contributed by atoms with Gasteiger partial charge in [0.25, 0.3) is 0 Å². The summed E-state index contributed by atoms with van der Waals surface area (Å²) in [5, 5.41) is 18.1. The van der Waals surface area contributed by atoms with Gasteiger partial charge in [0.05, 0.1) is 23.4 Å². The zero-order valence-corrected chi connectivity index (χ0v) is 14.3. The minimum absolute atomic E-state index is 0.135. The van der Waals surface area contributed by atoms with Crippen molar-refractivity contribution in [3.8, 4) is 0 Å². The summed E-state index contributed by atoms with van der Waals surface area (Å²) in [5.41, 5.74) is 3.12. The van der Waals surface area contributed by atoms with Crippen molar-refractivity contribution in [2.24, 2.45) is 0 Å². The fourth-order valence-corrected chi connectivity index (χ4v) is 2.90. The Morgan fingerprint density at radius 1 is 1.35 bits per heavy atom. The summed E-state index contributed by atoms with van der Waals surface area (Å²) in [6.45, 7) is 4.43. The van der Waals surface area contributed by atoms with Crippen LogP contribution in [0.2, 0.25) is 0 Å². The number of rotatable bonds is 7. The molecule has 2 amide bonds. The Bertz CT molecular complexity index is 625. The van der Waals surface area contributed by atoms with Crippen LogP contribution in [0.4, 0.5) is 4.79 Å². The number of carbonyl (C=O) groups excluding carboxylic acids is 1. The molecule has 1 unspecified atom stereocenters. The molecule has 0 radical (unpaired) electrons. The van der Waals surface area contributed by atoms with E-state index in [2.05, 4.69) is 22.5 Å². The molecule has 1 aromatic heterocycles. The number of urea groups is 1. The van der Waals surface area contributed by atoms with E-state index in [4.69, 9.17) is 0 Å². The number of carbonyl (C=O) groups is 1. The smallest absolute Gasteiger partial charge is 0.315 e. The van der Waals surface area contributed by atoms with E-state index < -0.39 is 6.04 Å². The van der Waals surface area contributed by atoms with Gasteiger partial charge in [0.15, 0.2) is 0 Å². The number of hydrogen-bond acceptors (Lipinski definition) is 4. The molecule has 2 aromatic rings. The van der Waals surface area contributed by atoms with Gasteiger partial charge in [-0.25, -0.2) is 9.78 Å². The van der Waals surface area contributed by atoms with Gasteiger partial charge in [-0.15, -0.1) is 11.3 Å². The summed E-state index contributed by atoms with van der Waals surface area (Å²) in [4.78, 5) is 16.3. The topological polar surface area (TPSA) is 74.2 Å². The molecule has 0 bridgehead atoms. The Hall–Kier alpha value is -1.92. The largest absolute Gasteiger partial charge is 0.394 e. The van der Waals surface area contributed by atoms with E-state index in [0.717, 1.165) is 22.7 Å². The number of hydrogen-bond donors (Lipinski definition) is 3. The highest BCUT2D eigenvalue weighted by Crippen LogP contribution is 2.14. The third kappa shape index (κ3) is 5.33. The Kier molecular flexibility index (Phi) is 6.55. The van der Waals surface area contributed by atoms with Crippen LogP contribution in [0.1, 0.15) is 34.8 Å². The summed E-state index contributed by atoms with van der Waals surface area (Å²) in [5.74, 6) is 0. The van der Waals surface area contributed by atoms with Crippen molar-refractivity contribution in [2.75, 3.05) is 13.2 Å². The second-order valence-corrected chi connectivity index (χ2v) is 6.40. The monoisotopic (exact) mass is 333 g/mol. The quantitative estimate of drug-likeness (QED) is 0.729. The lowest BCUT2D eigenvalue weighted by Gasteiger charge is -2.17. The van der Waals surface area contributed by atoms with E-state index in [1.165, 1.54) is 5.56 Å². The molecule has 23 heavy (non-hydrogen) atoms. The molecule has 2 rings (SSSR count). The number of amides is 2. The molecule has 0 aliphatic heterocycles. The van der Waals surface area contributed by atoms with Crippen molar-refractivity contribution in [3.63, 3.8) is 0 Å². The predicted octanol–water partition coefficient (Wildman–Crippen LogP) is 2.59. The molecule has 0 saturated heterocycles. The van der Waals surface area contributed by atoms with Crippen molar-refractivity contribution < 1.29 is 9.90 Å². The molecule has 0 fully saturated rings. The molecule has 1 atom stereocenters. The van der Waals surface area contributed by atoms with Crippen LogP contribution >= 0.6 is 11.3 Å². The van der Waals surface area contributed by atoms with E-state index in [9.17, 15) is 9.90 Å². The zero-order chi connectivity index (χ0) is 16.7. The van der Waals surface area contributed by atoms with Crippen molar-refractivity contribution in [3.05, 3.63) is 51.5 Å². The number of benzene rings is 1. The number of thiazole rings is 1. The minimum Gasteiger partial charge on any atom is -0.394 e. The van der Waals surface area contributed by atoms with Crippen LogP contribution in [0.3, 0.4) is 0 Å². The van der Waals surface area contributed by atoms with Gasteiger partial charge >= 0.3 is 6.03 Å². The van der Waals surface area contributed by atoms with Gasteiger partial charge in [0.1, 0.15) is 0 Å². The Morgan fingerprint density at radius 2 is 2.09 bits per heavy atom. The van der Waals surface area contributed by atoms with Gasteiger partial charge in [0.2, 0.25) is 0 Å². The Morgan fingerprint density at radius 3 is 2.65 bits per heavy atom. The molecule has 0 spiro atoms. The Labute approximate surface area is 140 Å². The number of aromatic nitrogens is 1. The maximum absolute atomic E-state index is 12.0. The molecule has 3 N–H and O–H groups in total. The van der Waals surface area contributed by atoms with E-state index in [1.54, 1.807) is 11.3 Å². The molecule has 0 aliphatic rings. The fraction of sp³-hybridized carbons (Fsp3) is 0.412. The van der Waals surface area contributed by atoms with Crippen LogP contribution < -0.4 is 10.6 Å². The summed E-state index contributed by atoms with van der Waals surface area (Å²) >= 11 is 1.61. The summed E-state index contributed by atoms with van der Waals surface area (Å²) in [7, 11) is 0. The summed E-state index contributed by atoms with van der Waals surface area (Å²) in [6, 6.07) is 7.23. The normalized spacial score (nSPS) is 12.0. The second-order valence-electron chi connectivity index (χ2n) is 5.34. The molecule has 1 heterocycles. The first-order chi connectivity index (χ1) is 11.1. The van der Waals surface area contributed by atoms with Crippen molar-refractivity contribution in [2.45, 2.75) is 32.7 Å². The first-order valence-electron chi connectivity index (χ1n) is 7.77. The highest BCUT2D eigenvalue weighted by Gasteiger charge is 2.13. The van der Waals surface area contributed by atoms with Crippen molar-refractivity contribution in [1.82, 2.24) is 15.6 Å². The van der Waals surface area contributed by atoms with Crippen LogP contribution in [-0.4, -0.2) is 29.3 Å². The molecule has 0 saturated carbocycles. The van der Waals surface area contributed by atoms with Crippen LogP contribution in [0.15, 0.2) is 29.6 Å². The van der Waals surface area contributed by atoms with Crippen LogP contribution in [0.5, 0.6) is 0 Å². The molecule has 124 valence electrons. The molecular formula is C17H23N3O2S. The molecule has 0 aliphatic carbocycles. The van der Waals surface area contributed by atoms with Gasteiger partial charge in [-0.3, -0.25) is 0 Å². The van der Waals surface area contributed by atoms with Crippen LogP contribution in [0, 0.1) is 6.92 Å². The highest BCUT2D eigenvalue weighted by atomic mass is 32.1. The van der Waals surface area contributed by atoms with Crippen LogP contribution in [0.25, 0.3) is 0 Å². The lowest BCUT2D eigenvalue weighted by atomic mass is 10.0. The second kappa shape index (κ2) is 8.64. The summed E-state index contributed by atoms with van der Waals surface area (Å²) < 4.78 is 0. The number of nitrogens with zero attached hydrogens (tertiary/aromatic N) is 1. The third-order valence-electron chi connectivity index (χ3n) is 3.61.